The third kappa shape index (κ3) is 5.96. The zero-order chi connectivity index (χ0) is 40.3. The molecule has 8 nitrogen and oxygen atoms in total. The van der Waals surface area contributed by atoms with E-state index in [-0.39, 0.29) is 0 Å². The van der Waals surface area contributed by atoms with E-state index in [1.165, 1.54) is 0 Å². The molecule has 12 rings (SSSR count). The lowest BCUT2D eigenvalue weighted by Crippen LogP contribution is -2.00. The molecule has 0 fully saturated rings. The smallest absolute Gasteiger partial charge is 0.164 e. The van der Waals surface area contributed by atoms with Crippen molar-refractivity contribution in [2.45, 2.75) is 0 Å². The summed E-state index contributed by atoms with van der Waals surface area (Å²) in [4.78, 5) is 25.5. The van der Waals surface area contributed by atoms with E-state index in [0.717, 1.165) is 95.0 Å². The average molecular weight is 784 g/mol. The van der Waals surface area contributed by atoms with Crippen LogP contribution in [0, 0.1) is 0 Å². The first-order valence-corrected chi connectivity index (χ1v) is 20.2. The van der Waals surface area contributed by atoms with Gasteiger partial charge in [-0.25, -0.2) is 24.9 Å². The highest BCUT2D eigenvalue weighted by Crippen LogP contribution is 2.37. The number of hydrogen-bond donors (Lipinski definition) is 0. The summed E-state index contributed by atoms with van der Waals surface area (Å²) >= 11 is 0. The zero-order valence-electron chi connectivity index (χ0n) is 32.6. The topological polar surface area (TPSA) is 86.4 Å². The fourth-order valence-corrected chi connectivity index (χ4v) is 8.32. The molecule has 8 heteroatoms. The van der Waals surface area contributed by atoms with E-state index in [4.69, 9.17) is 29.3 Å². The maximum Gasteiger partial charge on any atom is 0.164 e. The minimum absolute atomic E-state index is 0.550. The number of rotatable bonds is 7. The summed E-state index contributed by atoms with van der Waals surface area (Å²) in [6.07, 6.45) is 4.12. The normalized spacial score (nSPS) is 11.6. The van der Waals surface area contributed by atoms with Crippen LogP contribution in [-0.2, 0) is 0 Å². The van der Waals surface area contributed by atoms with Gasteiger partial charge >= 0.3 is 0 Å². The van der Waals surface area contributed by atoms with Crippen LogP contribution in [0.25, 0.3) is 112 Å². The molecule has 0 spiro atoms. The van der Waals surface area contributed by atoms with Gasteiger partial charge < -0.3 is 4.42 Å². The first kappa shape index (κ1) is 34.5. The number of nitrogens with zero attached hydrogens (tertiary/aromatic N) is 7. The lowest BCUT2D eigenvalue weighted by atomic mass is 10.0. The van der Waals surface area contributed by atoms with E-state index in [1.54, 1.807) is 0 Å². The summed E-state index contributed by atoms with van der Waals surface area (Å²) < 4.78 is 10.6. The van der Waals surface area contributed by atoms with Crippen LogP contribution in [0.2, 0.25) is 0 Å². The Labute approximate surface area is 349 Å². The maximum atomic E-state index is 6.30. The van der Waals surface area contributed by atoms with Gasteiger partial charge in [-0.05, 0) is 42.5 Å². The van der Waals surface area contributed by atoms with Gasteiger partial charge in [0.25, 0.3) is 0 Å². The highest BCUT2D eigenvalue weighted by molar-refractivity contribution is 6.05. The van der Waals surface area contributed by atoms with Crippen molar-refractivity contribution in [2.75, 3.05) is 0 Å². The van der Waals surface area contributed by atoms with Crippen LogP contribution in [0.15, 0.2) is 205 Å². The zero-order valence-corrected chi connectivity index (χ0v) is 32.6. The van der Waals surface area contributed by atoms with E-state index in [2.05, 4.69) is 136 Å². The number of benzene rings is 6. The standard InChI is InChI=1S/C53H33N7O/c1-3-13-36(14-4-1)49-47(54-45-19-9-11-31-59(45)49)34-21-25-38(26-22-34)51-56-52(58-53(57-51)40-29-30-42-41-17-7-8-18-43(41)61-44(42)33-40)39-27-23-35(24-28-39)48-50(37-15-5-2-6-16-37)60-32-12-10-20-46(60)55-48/h1-33H. The summed E-state index contributed by atoms with van der Waals surface area (Å²) in [6, 6.07) is 63.9. The van der Waals surface area contributed by atoms with Crippen molar-refractivity contribution in [3.63, 3.8) is 0 Å². The number of fused-ring (bicyclic) bond motifs is 5. The molecule has 0 N–H and O–H groups in total. The SMILES string of the molecule is c1ccc(-c2c(-c3ccc(-c4nc(-c5ccc(-c6nc7ccccn7c6-c6ccccc6)cc5)nc(-c5ccc6c(c5)oc5ccccc56)n4)cc3)nc3ccccn23)cc1. The average Bonchev–Trinajstić information content (AvgIpc) is 4.04. The molecule has 0 amide bonds. The summed E-state index contributed by atoms with van der Waals surface area (Å²) in [7, 11) is 0. The third-order valence-corrected chi connectivity index (χ3v) is 11.3. The van der Waals surface area contributed by atoms with Crippen LogP contribution in [0.1, 0.15) is 0 Å². The molecule has 0 unspecified atom stereocenters. The van der Waals surface area contributed by atoms with E-state index in [1.807, 2.05) is 72.8 Å². The third-order valence-electron chi connectivity index (χ3n) is 11.3. The molecular weight excluding hydrogens is 751 g/mol. The molecule has 6 aromatic carbocycles. The Morgan fingerprint density at radius 1 is 0.311 bits per heavy atom. The maximum absolute atomic E-state index is 6.30. The fraction of sp³-hybridized carbons (Fsp3) is 0. The largest absolute Gasteiger partial charge is 0.456 e. The van der Waals surface area contributed by atoms with E-state index >= 15 is 0 Å². The Kier molecular flexibility index (Phi) is 7.99. The van der Waals surface area contributed by atoms with Crippen molar-refractivity contribution in [1.82, 2.24) is 33.7 Å². The van der Waals surface area contributed by atoms with Crippen LogP contribution < -0.4 is 0 Å². The molecule has 61 heavy (non-hydrogen) atoms. The van der Waals surface area contributed by atoms with Crippen molar-refractivity contribution in [3.05, 3.63) is 200 Å². The summed E-state index contributed by atoms with van der Waals surface area (Å²) in [5, 5.41) is 2.12. The van der Waals surface area contributed by atoms with Gasteiger partial charge in [0.1, 0.15) is 22.5 Å². The second kappa shape index (κ2) is 14.1. The van der Waals surface area contributed by atoms with Gasteiger partial charge in [-0.15, -0.1) is 0 Å². The monoisotopic (exact) mass is 783 g/mol. The summed E-state index contributed by atoms with van der Waals surface area (Å²) in [5.41, 5.74) is 14.0. The predicted molar refractivity (Wildman–Crippen MR) is 243 cm³/mol. The molecule has 0 saturated heterocycles. The van der Waals surface area contributed by atoms with Gasteiger partial charge in [-0.3, -0.25) is 8.80 Å². The Balaban J connectivity index is 0.974. The Hall–Kier alpha value is -8.49. The van der Waals surface area contributed by atoms with E-state index in [9.17, 15) is 0 Å². The number of hydrogen-bond acceptors (Lipinski definition) is 6. The highest BCUT2D eigenvalue weighted by atomic mass is 16.3. The van der Waals surface area contributed by atoms with Crippen LogP contribution in [-0.4, -0.2) is 33.7 Å². The van der Waals surface area contributed by atoms with Crippen LogP contribution in [0.3, 0.4) is 0 Å². The van der Waals surface area contributed by atoms with Crippen molar-refractivity contribution in [3.8, 4) is 79.2 Å². The highest BCUT2D eigenvalue weighted by Gasteiger charge is 2.20. The van der Waals surface area contributed by atoms with Crippen molar-refractivity contribution >= 4 is 33.2 Å². The number of imidazole rings is 2. The first-order chi connectivity index (χ1) is 30.2. The van der Waals surface area contributed by atoms with Crippen LogP contribution >= 0.6 is 0 Å². The lowest BCUT2D eigenvalue weighted by molar-refractivity contribution is 0.669. The Morgan fingerprint density at radius 3 is 1.28 bits per heavy atom. The summed E-state index contributed by atoms with van der Waals surface area (Å²) in [5.74, 6) is 1.67. The van der Waals surface area contributed by atoms with Gasteiger partial charge in [0.05, 0.1) is 22.8 Å². The van der Waals surface area contributed by atoms with E-state index < -0.39 is 0 Å². The van der Waals surface area contributed by atoms with Gasteiger partial charge in [-0.1, -0.05) is 146 Å². The van der Waals surface area contributed by atoms with Crippen LogP contribution in [0.4, 0.5) is 0 Å². The van der Waals surface area contributed by atoms with Gasteiger partial charge in [0, 0.05) is 62.1 Å². The molecule has 0 saturated carbocycles. The number of furan rings is 1. The summed E-state index contributed by atoms with van der Waals surface area (Å²) in [6.45, 7) is 0. The molecule has 286 valence electrons. The Morgan fingerprint density at radius 2 is 0.738 bits per heavy atom. The number of aromatic nitrogens is 7. The molecule has 0 radical (unpaired) electrons. The lowest BCUT2D eigenvalue weighted by Gasteiger charge is -2.10. The number of pyridine rings is 2. The molecule has 0 aliphatic heterocycles. The Bertz CT molecular complexity index is 3390. The van der Waals surface area contributed by atoms with Gasteiger partial charge in [0.2, 0.25) is 0 Å². The molecular formula is C53H33N7O. The van der Waals surface area contributed by atoms with Crippen molar-refractivity contribution in [2.24, 2.45) is 0 Å². The second-order valence-corrected chi connectivity index (χ2v) is 15.0. The van der Waals surface area contributed by atoms with Gasteiger partial charge in [0.15, 0.2) is 17.5 Å². The quantitative estimate of drug-likeness (QED) is 0.160. The molecule has 0 aliphatic rings. The second-order valence-electron chi connectivity index (χ2n) is 15.0. The van der Waals surface area contributed by atoms with E-state index in [0.29, 0.717) is 17.5 Å². The minimum Gasteiger partial charge on any atom is -0.456 e. The molecule has 0 atom stereocenters. The van der Waals surface area contributed by atoms with Crippen LogP contribution in [0.5, 0.6) is 0 Å². The minimum atomic E-state index is 0.550. The molecule has 0 bridgehead atoms. The molecule has 6 aromatic heterocycles. The first-order valence-electron chi connectivity index (χ1n) is 20.2. The number of para-hydroxylation sites is 1. The fourth-order valence-electron chi connectivity index (χ4n) is 8.32. The van der Waals surface area contributed by atoms with Gasteiger partial charge in [-0.2, -0.15) is 0 Å². The molecule has 0 aliphatic carbocycles. The predicted octanol–water partition coefficient (Wildman–Crippen LogP) is 12.7. The molecule has 12 aromatic rings. The van der Waals surface area contributed by atoms with Crippen molar-refractivity contribution < 1.29 is 4.42 Å². The molecule has 6 heterocycles. The van der Waals surface area contributed by atoms with Crippen molar-refractivity contribution in [1.29, 1.82) is 0 Å².